The number of rotatable bonds is 5. The van der Waals surface area contributed by atoms with E-state index < -0.39 is 0 Å². The highest BCUT2D eigenvalue weighted by atomic mass is 16.3. The summed E-state index contributed by atoms with van der Waals surface area (Å²) in [5, 5.41) is 17.9. The first kappa shape index (κ1) is 28.2. The molecule has 3 aromatic heterocycles. The van der Waals surface area contributed by atoms with Crippen LogP contribution in [-0.4, -0.2) is 20.4 Å². The molecular formula is C45H28N4O. The second kappa shape index (κ2) is 11.4. The molecule has 50 heavy (non-hydrogen) atoms. The smallest absolute Gasteiger partial charge is 0.136 e. The van der Waals surface area contributed by atoms with Gasteiger partial charge in [-0.05, 0) is 45.7 Å². The normalized spacial score (nSPS) is 11.6. The van der Waals surface area contributed by atoms with E-state index in [9.17, 15) is 0 Å². The highest BCUT2D eigenvalue weighted by Crippen LogP contribution is 2.50. The Balaban J connectivity index is 1.38. The highest BCUT2D eigenvalue weighted by molar-refractivity contribution is 6.17. The highest BCUT2D eigenvalue weighted by Gasteiger charge is 2.26. The predicted octanol–water partition coefficient (Wildman–Crippen LogP) is 11.7. The minimum absolute atomic E-state index is 0.740. The topological polar surface area (TPSA) is 67.6 Å². The number of nitrogens with one attached hydrogen (secondary N) is 1. The zero-order chi connectivity index (χ0) is 33.0. The van der Waals surface area contributed by atoms with Crippen molar-refractivity contribution in [3.63, 3.8) is 0 Å². The van der Waals surface area contributed by atoms with Gasteiger partial charge in [0.25, 0.3) is 0 Å². The summed E-state index contributed by atoms with van der Waals surface area (Å²) in [5.74, 6) is 0. The molecule has 0 saturated carbocycles. The van der Waals surface area contributed by atoms with E-state index in [2.05, 4.69) is 143 Å². The lowest BCUT2D eigenvalue weighted by Gasteiger charge is -2.22. The van der Waals surface area contributed by atoms with Gasteiger partial charge in [-0.1, -0.05) is 140 Å². The number of furan rings is 1. The Hall–Kier alpha value is -6.85. The number of aromatic amines is 1. The van der Waals surface area contributed by atoms with Crippen molar-refractivity contribution in [1.29, 1.82) is 0 Å². The molecule has 0 atom stereocenters. The van der Waals surface area contributed by atoms with E-state index in [1.165, 1.54) is 10.8 Å². The number of benzene rings is 7. The second-order valence-electron chi connectivity index (χ2n) is 12.5. The first-order valence-corrected chi connectivity index (χ1v) is 16.7. The van der Waals surface area contributed by atoms with Crippen LogP contribution in [0.5, 0.6) is 0 Å². The largest absolute Gasteiger partial charge is 0.456 e. The van der Waals surface area contributed by atoms with Gasteiger partial charge in [0.1, 0.15) is 16.9 Å². The van der Waals surface area contributed by atoms with Crippen LogP contribution in [0, 0.1) is 0 Å². The number of hydrogen-bond donors (Lipinski definition) is 1. The van der Waals surface area contributed by atoms with Crippen LogP contribution in [0.3, 0.4) is 0 Å². The molecular weight excluding hydrogens is 613 g/mol. The molecule has 5 heteroatoms. The molecule has 0 aliphatic rings. The maximum atomic E-state index is 6.33. The molecule has 0 aliphatic heterocycles. The van der Waals surface area contributed by atoms with Crippen molar-refractivity contribution in [3.8, 4) is 55.8 Å². The Morgan fingerprint density at radius 2 is 1.04 bits per heavy atom. The van der Waals surface area contributed by atoms with Gasteiger partial charge < -0.3 is 9.40 Å². The molecule has 0 unspecified atom stereocenters. The zero-order valence-electron chi connectivity index (χ0n) is 26.8. The van der Waals surface area contributed by atoms with E-state index in [0.717, 1.165) is 88.7 Å². The first-order valence-electron chi connectivity index (χ1n) is 16.7. The number of para-hydroxylation sites is 3. The molecule has 234 valence electrons. The van der Waals surface area contributed by atoms with Gasteiger partial charge >= 0.3 is 0 Å². The first-order chi connectivity index (χ1) is 24.8. The Morgan fingerprint density at radius 1 is 0.440 bits per heavy atom. The minimum atomic E-state index is 0.740. The third-order valence-electron chi connectivity index (χ3n) is 9.75. The van der Waals surface area contributed by atoms with Gasteiger partial charge in [-0.2, -0.15) is 0 Å². The lowest BCUT2D eigenvalue weighted by Crippen LogP contribution is -2.00. The van der Waals surface area contributed by atoms with Crippen LogP contribution in [0.15, 0.2) is 168 Å². The molecule has 5 nitrogen and oxygen atoms in total. The fourth-order valence-electron chi connectivity index (χ4n) is 7.58. The van der Waals surface area contributed by atoms with Crippen molar-refractivity contribution >= 4 is 43.7 Å². The van der Waals surface area contributed by atoms with Gasteiger partial charge in [0.2, 0.25) is 0 Å². The lowest BCUT2D eigenvalue weighted by molar-refractivity contribution is 0.669. The average molecular weight is 641 g/mol. The molecule has 0 spiro atoms. The molecule has 0 amide bonds. The van der Waals surface area contributed by atoms with Crippen molar-refractivity contribution in [2.45, 2.75) is 0 Å². The SMILES string of the molecule is c1ccc(-c2ccc(-c3ccccc3)c(-c3cccc4c3[nH]c3ccccc34)c2-c2cnnnc2-c2cccc3oc4ccccc4c23)cc1. The average Bonchev–Trinajstić information content (AvgIpc) is 3.77. The number of aromatic nitrogens is 4. The standard InChI is InChI=1S/C45H28N4O/c1-3-13-28(14-4-1)30-25-26-31(29-15-5-2-6-16-29)43(42(30)36-20-11-19-33-32-17-7-9-22-38(32)47-44(33)36)37-27-46-49-48-45(37)35-21-12-24-40-41(35)34-18-8-10-23-39(34)50-40/h1-27,47H. The molecule has 0 bridgehead atoms. The summed E-state index contributed by atoms with van der Waals surface area (Å²) in [4.78, 5) is 3.79. The van der Waals surface area contributed by atoms with E-state index in [4.69, 9.17) is 9.52 Å². The maximum Gasteiger partial charge on any atom is 0.136 e. The summed E-state index contributed by atoms with van der Waals surface area (Å²) in [5.41, 5.74) is 14.0. The molecule has 0 fully saturated rings. The molecule has 7 aromatic carbocycles. The summed E-state index contributed by atoms with van der Waals surface area (Å²) >= 11 is 0. The summed E-state index contributed by atoms with van der Waals surface area (Å²) in [6, 6.07) is 55.1. The Bertz CT molecular complexity index is 2870. The van der Waals surface area contributed by atoms with Crippen molar-refractivity contribution < 1.29 is 4.42 Å². The molecule has 0 radical (unpaired) electrons. The van der Waals surface area contributed by atoms with E-state index in [1.807, 2.05) is 36.5 Å². The Kier molecular flexibility index (Phi) is 6.42. The fourth-order valence-corrected chi connectivity index (χ4v) is 7.58. The van der Waals surface area contributed by atoms with E-state index in [1.54, 1.807) is 0 Å². The van der Waals surface area contributed by atoms with Crippen molar-refractivity contribution in [2.75, 3.05) is 0 Å². The summed E-state index contributed by atoms with van der Waals surface area (Å²) in [6.07, 6.45) is 1.87. The molecule has 10 rings (SSSR count). The summed E-state index contributed by atoms with van der Waals surface area (Å²) < 4.78 is 6.33. The van der Waals surface area contributed by atoms with E-state index in [-0.39, 0.29) is 0 Å². The maximum absolute atomic E-state index is 6.33. The van der Waals surface area contributed by atoms with Crippen molar-refractivity contribution in [1.82, 2.24) is 20.4 Å². The third-order valence-corrected chi connectivity index (χ3v) is 9.75. The number of fused-ring (bicyclic) bond motifs is 6. The van der Waals surface area contributed by atoms with Gasteiger partial charge in [0.05, 0.1) is 11.7 Å². The third kappa shape index (κ3) is 4.37. The van der Waals surface area contributed by atoms with Gasteiger partial charge in [0, 0.05) is 54.9 Å². The van der Waals surface area contributed by atoms with Gasteiger partial charge in [-0.25, -0.2) is 0 Å². The van der Waals surface area contributed by atoms with E-state index in [0.29, 0.717) is 0 Å². The van der Waals surface area contributed by atoms with Crippen LogP contribution in [0.1, 0.15) is 0 Å². The quantitative estimate of drug-likeness (QED) is 0.203. The predicted molar refractivity (Wildman–Crippen MR) is 204 cm³/mol. The van der Waals surface area contributed by atoms with Gasteiger partial charge in [-0.15, -0.1) is 10.2 Å². The monoisotopic (exact) mass is 640 g/mol. The number of H-pyrrole nitrogens is 1. The minimum Gasteiger partial charge on any atom is -0.456 e. The van der Waals surface area contributed by atoms with Gasteiger partial charge in [0.15, 0.2) is 0 Å². The number of nitrogens with zero attached hydrogens (tertiary/aromatic N) is 3. The summed E-state index contributed by atoms with van der Waals surface area (Å²) in [7, 11) is 0. The van der Waals surface area contributed by atoms with Crippen LogP contribution in [-0.2, 0) is 0 Å². The van der Waals surface area contributed by atoms with Gasteiger partial charge in [-0.3, -0.25) is 0 Å². The molecule has 0 saturated heterocycles. The second-order valence-corrected chi connectivity index (χ2v) is 12.5. The van der Waals surface area contributed by atoms with Crippen LogP contribution < -0.4 is 0 Å². The van der Waals surface area contributed by atoms with Crippen LogP contribution in [0.25, 0.3) is 99.5 Å². The van der Waals surface area contributed by atoms with Crippen LogP contribution >= 0.6 is 0 Å². The van der Waals surface area contributed by atoms with Crippen molar-refractivity contribution in [2.24, 2.45) is 0 Å². The van der Waals surface area contributed by atoms with Crippen molar-refractivity contribution in [3.05, 3.63) is 164 Å². The Labute approximate surface area is 287 Å². The zero-order valence-corrected chi connectivity index (χ0v) is 26.8. The molecule has 3 heterocycles. The fraction of sp³-hybridized carbons (Fsp3) is 0. The molecule has 0 aliphatic carbocycles. The number of hydrogen-bond acceptors (Lipinski definition) is 4. The lowest BCUT2D eigenvalue weighted by atomic mass is 9.81. The molecule has 1 N–H and O–H groups in total. The Morgan fingerprint density at radius 3 is 1.82 bits per heavy atom. The van der Waals surface area contributed by atoms with Crippen LogP contribution in [0.2, 0.25) is 0 Å². The van der Waals surface area contributed by atoms with E-state index >= 15 is 0 Å². The molecule has 10 aromatic rings. The summed E-state index contributed by atoms with van der Waals surface area (Å²) in [6.45, 7) is 0. The van der Waals surface area contributed by atoms with Crippen LogP contribution in [0.4, 0.5) is 0 Å².